The second-order valence-corrected chi connectivity index (χ2v) is 5.70. The van der Waals surface area contributed by atoms with Crippen LogP contribution >= 0.6 is 0 Å². The second kappa shape index (κ2) is 7.24. The van der Waals surface area contributed by atoms with Crippen molar-refractivity contribution >= 4 is 0 Å². The molecule has 92 valence electrons. The maximum Gasteiger partial charge on any atom is 0.0626 e. The third-order valence-corrected chi connectivity index (χ3v) is 2.16. The molecule has 0 spiro atoms. The van der Waals surface area contributed by atoms with Crippen molar-refractivity contribution in [2.24, 2.45) is 5.92 Å². The van der Waals surface area contributed by atoms with Crippen LogP contribution in [-0.2, 0) is 4.74 Å². The van der Waals surface area contributed by atoms with Crippen LogP contribution in [-0.4, -0.2) is 24.8 Å². The van der Waals surface area contributed by atoms with Gasteiger partial charge < -0.3 is 10.1 Å². The average Bonchev–Trinajstić information content (AvgIpc) is 2.07. The normalized spacial score (nSPS) is 14.6. The lowest BCUT2D eigenvalue weighted by atomic mass is 10.0. The fraction of sp³-hybridized carbons (Fsp3) is 1.00. The van der Waals surface area contributed by atoms with Gasteiger partial charge >= 0.3 is 0 Å². The molecule has 0 bridgehead atoms. The highest BCUT2D eigenvalue weighted by molar-refractivity contribution is 4.70. The highest BCUT2D eigenvalue weighted by Gasteiger charge is 2.15. The molecule has 0 amide bonds. The lowest BCUT2D eigenvalue weighted by Crippen LogP contribution is -2.38. The minimum absolute atomic E-state index is 0.0247. The minimum Gasteiger partial charge on any atom is -0.374 e. The van der Waals surface area contributed by atoms with Gasteiger partial charge in [0.25, 0.3) is 0 Å². The first kappa shape index (κ1) is 14.9. The zero-order valence-electron chi connectivity index (χ0n) is 11.4. The Bertz CT molecular complexity index is 149. The fourth-order valence-electron chi connectivity index (χ4n) is 1.48. The van der Waals surface area contributed by atoms with E-state index in [4.69, 9.17) is 4.74 Å². The van der Waals surface area contributed by atoms with Gasteiger partial charge in [0.2, 0.25) is 0 Å². The standard InChI is InChI=1S/C13H29NO/c1-7-8-14-12(9-11(2)3)10-15-13(4,5)6/h11-12,14H,7-10H2,1-6H3. The number of hydrogen-bond donors (Lipinski definition) is 1. The summed E-state index contributed by atoms with van der Waals surface area (Å²) in [4.78, 5) is 0. The summed E-state index contributed by atoms with van der Waals surface area (Å²) >= 11 is 0. The van der Waals surface area contributed by atoms with Crippen LogP contribution in [0.25, 0.3) is 0 Å². The van der Waals surface area contributed by atoms with Crippen molar-refractivity contribution in [2.75, 3.05) is 13.2 Å². The van der Waals surface area contributed by atoms with E-state index < -0.39 is 0 Å². The molecule has 15 heavy (non-hydrogen) atoms. The molecule has 0 rings (SSSR count). The fourth-order valence-corrected chi connectivity index (χ4v) is 1.48. The molecule has 2 nitrogen and oxygen atoms in total. The predicted octanol–water partition coefficient (Wildman–Crippen LogP) is 3.22. The van der Waals surface area contributed by atoms with Crippen LogP contribution in [0.5, 0.6) is 0 Å². The van der Waals surface area contributed by atoms with Crippen LogP contribution in [0.3, 0.4) is 0 Å². The van der Waals surface area contributed by atoms with Crippen LogP contribution in [0.1, 0.15) is 54.4 Å². The van der Waals surface area contributed by atoms with Gasteiger partial charge in [-0.2, -0.15) is 0 Å². The largest absolute Gasteiger partial charge is 0.374 e. The Labute approximate surface area is 95.8 Å². The van der Waals surface area contributed by atoms with E-state index in [1.807, 2.05) is 0 Å². The van der Waals surface area contributed by atoms with E-state index in [-0.39, 0.29) is 5.60 Å². The van der Waals surface area contributed by atoms with E-state index in [1.54, 1.807) is 0 Å². The molecular weight excluding hydrogens is 186 g/mol. The number of hydrogen-bond acceptors (Lipinski definition) is 2. The lowest BCUT2D eigenvalue weighted by molar-refractivity contribution is -0.0167. The van der Waals surface area contributed by atoms with E-state index >= 15 is 0 Å². The molecule has 1 unspecified atom stereocenters. The minimum atomic E-state index is -0.0247. The molecule has 0 fully saturated rings. The zero-order chi connectivity index (χ0) is 11.9. The summed E-state index contributed by atoms with van der Waals surface area (Å²) in [5.74, 6) is 0.725. The summed E-state index contributed by atoms with van der Waals surface area (Å²) in [6.07, 6.45) is 2.38. The average molecular weight is 215 g/mol. The third kappa shape index (κ3) is 10.2. The van der Waals surface area contributed by atoms with Gasteiger partial charge in [-0.1, -0.05) is 20.8 Å². The summed E-state index contributed by atoms with van der Waals surface area (Å²) in [5, 5.41) is 3.55. The van der Waals surface area contributed by atoms with Gasteiger partial charge in [-0.15, -0.1) is 0 Å². The van der Waals surface area contributed by atoms with Gasteiger partial charge in [-0.3, -0.25) is 0 Å². The first-order valence-electron chi connectivity index (χ1n) is 6.22. The second-order valence-electron chi connectivity index (χ2n) is 5.70. The van der Waals surface area contributed by atoms with Gasteiger partial charge in [-0.05, 0) is 46.1 Å². The smallest absolute Gasteiger partial charge is 0.0626 e. The summed E-state index contributed by atoms with van der Waals surface area (Å²) in [6.45, 7) is 15.0. The Morgan fingerprint density at radius 3 is 2.20 bits per heavy atom. The van der Waals surface area contributed by atoms with Crippen molar-refractivity contribution in [2.45, 2.75) is 66.0 Å². The van der Waals surface area contributed by atoms with Crippen molar-refractivity contribution in [3.8, 4) is 0 Å². The van der Waals surface area contributed by atoms with E-state index in [0.29, 0.717) is 6.04 Å². The van der Waals surface area contributed by atoms with Crippen molar-refractivity contribution in [1.29, 1.82) is 0 Å². The monoisotopic (exact) mass is 215 g/mol. The van der Waals surface area contributed by atoms with Crippen LogP contribution in [0.4, 0.5) is 0 Å². The molecule has 0 aliphatic heterocycles. The first-order chi connectivity index (χ1) is 6.85. The van der Waals surface area contributed by atoms with Crippen LogP contribution < -0.4 is 5.32 Å². The van der Waals surface area contributed by atoms with E-state index in [1.165, 1.54) is 12.8 Å². The Kier molecular flexibility index (Phi) is 7.20. The quantitative estimate of drug-likeness (QED) is 0.704. The SMILES string of the molecule is CCCNC(COC(C)(C)C)CC(C)C. The molecule has 1 N–H and O–H groups in total. The Balaban J connectivity index is 3.89. The highest BCUT2D eigenvalue weighted by atomic mass is 16.5. The topological polar surface area (TPSA) is 21.3 Å². The summed E-state index contributed by atoms with van der Waals surface area (Å²) in [7, 11) is 0. The number of rotatable bonds is 7. The maximum atomic E-state index is 5.83. The third-order valence-electron chi connectivity index (χ3n) is 2.16. The number of ether oxygens (including phenoxy) is 1. The predicted molar refractivity (Wildman–Crippen MR) is 67.2 cm³/mol. The molecule has 0 saturated carbocycles. The molecule has 0 aromatic rings. The van der Waals surface area contributed by atoms with Crippen LogP contribution in [0.15, 0.2) is 0 Å². The van der Waals surface area contributed by atoms with Crippen molar-refractivity contribution in [3.05, 3.63) is 0 Å². The highest BCUT2D eigenvalue weighted by Crippen LogP contribution is 2.11. The van der Waals surface area contributed by atoms with E-state index in [2.05, 4.69) is 46.9 Å². The summed E-state index contributed by atoms with van der Waals surface area (Å²) in [5.41, 5.74) is -0.0247. The maximum absolute atomic E-state index is 5.83. The Hall–Kier alpha value is -0.0800. The van der Waals surface area contributed by atoms with Gasteiger partial charge in [0, 0.05) is 6.04 Å². The molecule has 0 aromatic carbocycles. The van der Waals surface area contributed by atoms with E-state index in [9.17, 15) is 0 Å². The lowest BCUT2D eigenvalue weighted by Gasteiger charge is -2.26. The van der Waals surface area contributed by atoms with Gasteiger partial charge in [0.15, 0.2) is 0 Å². The molecule has 0 heterocycles. The van der Waals surface area contributed by atoms with Gasteiger partial charge in [-0.25, -0.2) is 0 Å². The molecule has 0 saturated heterocycles. The summed E-state index contributed by atoms with van der Waals surface area (Å²) < 4.78 is 5.83. The number of nitrogens with one attached hydrogen (secondary N) is 1. The molecule has 2 heteroatoms. The Morgan fingerprint density at radius 2 is 1.80 bits per heavy atom. The van der Waals surface area contributed by atoms with E-state index in [0.717, 1.165) is 19.1 Å². The Morgan fingerprint density at radius 1 is 1.20 bits per heavy atom. The van der Waals surface area contributed by atoms with Crippen molar-refractivity contribution < 1.29 is 4.74 Å². The van der Waals surface area contributed by atoms with Crippen molar-refractivity contribution in [3.63, 3.8) is 0 Å². The summed E-state index contributed by atoms with van der Waals surface area (Å²) in [6, 6.07) is 0.504. The molecular formula is C13H29NO. The van der Waals surface area contributed by atoms with Gasteiger partial charge in [0.1, 0.15) is 0 Å². The zero-order valence-corrected chi connectivity index (χ0v) is 11.4. The first-order valence-corrected chi connectivity index (χ1v) is 6.22. The van der Waals surface area contributed by atoms with Gasteiger partial charge in [0.05, 0.1) is 12.2 Å². The molecule has 0 aliphatic rings. The van der Waals surface area contributed by atoms with Crippen LogP contribution in [0, 0.1) is 5.92 Å². The van der Waals surface area contributed by atoms with Crippen molar-refractivity contribution in [1.82, 2.24) is 5.32 Å². The molecule has 0 aliphatic carbocycles. The molecule has 0 aromatic heterocycles. The molecule has 0 radical (unpaired) electrons. The van der Waals surface area contributed by atoms with Crippen LogP contribution in [0.2, 0.25) is 0 Å². The molecule has 1 atom stereocenters.